The molecule has 0 unspecified atom stereocenters. The first-order valence-electron chi connectivity index (χ1n) is 6.17. The van der Waals surface area contributed by atoms with E-state index in [9.17, 15) is 0 Å². The van der Waals surface area contributed by atoms with Crippen LogP contribution in [-0.2, 0) is 0 Å². The molecule has 0 N–H and O–H groups in total. The van der Waals surface area contributed by atoms with E-state index in [-0.39, 0.29) is 0 Å². The van der Waals surface area contributed by atoms with Crippen molar-refractivity contribution in [3.63, 3.8) is 0 Å². The van der Waals surface area contributed by atoms with Crippen LogP contribution in [0, 0.1) is 0 Å². The predicted octanol–water partition coefficient (Wildman–Crippen LogP) is 3.40. The van der Waals surface area contributed by atoms with Crippen molar-refractivity contribution in [2.75, 3.05) is 18.0 Å². The third kappa shape index (κ3) is 2.31. The molecule has 0 aromatic carbocycles. The van der Waals surface area contributed by atoms with Gasteiger partial charge in [-0.05, 0) is 37.1 Å². The van der Waals surface area contributed by atoms with Gasteiger partial charge < -0.3 is 4.90 Å². The number of rotatable bonds is 2. The van der Waals surface area contributed by atoms with Crippen molar-refractivity contribution in [1.82, 2.24) is 9.97 Å². The monoisotopic (exact) mass is 259 g/mol. The number of nitrogens with zero attached hydrogens (tertiary/aromatic N) is 3. The fourth-order valence-corrected chi connectivity index (χ4v) is 2.45. The molecule has 1 fully saturated rings. The van der Waals surface area contributed by atoms with E-state index in [0.717, 1.165) is 24.5 Å². The van der Waals surface area contributed by atoms with E-state index in [0.29, 0.717) is 5.15 Å². The molecule has 2 aromatic heterocycles. The SMILES string of the molecule is Clc1cccc(-c2cc(N3CCCC3)ccn2)n1. The Morgan fingerprint density at radius 1 is 1.06 bits per heavy atom. The Morgan fingerprint density at radius 3 is 2.67 bits per heavy atom. The van der Waals surface area contributed by atoms with Crippen LogP contribution in [0.25, 0.3) is 11.4 Å². The largest absolute Gasteiger partial charge is 0.371 e. The Hall–Kier alpha value is -1.61. The second-order valence-corrected chi connectivity index (χ2v) is 4.83. The lowest BCUT2D eigenvalue weighted by atomic mass is 10.2. The molecule has 4 heteroatoms. The topological polar surface area (TPSA) is 29.0 Å². The zero-order valence-electron chi connectivity index (χ0n) is 10.0. The summed E-state index contributed by atoms with van der Waals surface area (Å²) >= 11 is 5.91. The molecule has 3 heterocycles. The summed E-state index contributed by atoms with van der Waals surface area (Å²) in [4.78, 5) is 11.1. The molecule has 0 bridgehead atoms. The van der Waals surface area contributed by atoms with Gasteiger partial charge in [0.05, 0.1) is 11.4 Å². The normalized spacial score (nSPS) is 15.1. The van der Waals surface area contributed by atoms with E-state index in [2.05, 4.69) is 27.0 Å². The lowest BCUT2D eigenvalue weighted by molar-refractivity contribution is 0.949. The standard InChI is InChI=1S/C14H14ClN3/c15-14-5-3-4-12(17-14)13-10-11(6-7-16-13)18-8-1-2-9-18/h3-7,10H,1-2,8-9H2. The summed E-state index contributed by atoms with van der Waals surface area (Å²) in [6.45, 7) is 2.26. The second kappa shape index (κ2) is 4.94. The number of hydrogen-bond acceptors (Lipinski definition) is 3. The first-order chi connectivity index (χ1) is 8.83. The molecule has 2 aromatic rings. The quantitative estimate of drug-likeness (QED) is 0.774. The second-order valence-electron chi connectivity index (χ2n) is 4.44. The number of pyridine rings is 2. The van der Waals surface area contributed by atoms with E-state index in [1.54, 1.807) is 6.07 Å². The smallest absolute Gasteiger partial charge is 0.129 e. The minimum absolute atomic E-state index is 0.501. The number of halogens is 1. The summed E-state index contributed by atoms with van der Waals surface area (Å²) in [6.07, 6.45) is 4.38. The Balaban J connectivity index is 1.95. The van der Waals surface area contributed by atoms with Gasteiger partial charge in [0.15, 0.2) is 0 Å². The summed E-state index contributed by atoms with van der Waals surface area (Å²) in [5, 5.41) is 0.501. The predicted molar refractivity (Wildman–Crippen MR) is 73.9 cm³/mol. The van der Waals surface area contributed by atoms with Gasteiger partial charge in [0, 0.05) is 25.0 Å². The van der Waals surface area contributed by atoms with Crippen LogP contribution in [0.1, 0.15) is 12.8 Å². The molecule has 3 nitrogen and oxygen atoms in total. The molecule has 0 aliphatic carbocycles. The number of aromatic nitrogens is 2. The molecular weight excluding hydrogens is 246 g/mol. The highest BCUT2D eigenvalue weighted by molar-refractivity contribution is 6.29. The van der Waals surface area contributed by atoms with E-state index in [1.165, 1.54) is 18.5 Å². The molecule has 0 amide bonds. The Bertz CT molecular complexity index is 550. The van der Waals surface area contributed by atoms with Crippen LogP contribution < -0.4 is 4.90 Å². The molecular formula is C14H14ClN3. The molecule has 3 rings (SSSR count). The molecule has 1 aliphatic heterocycles. The van der Waals surface area contributed by atoms with Crippen molar-refractivity contribution >= 4 is 17.3 Å². The zero-order valence-corrected chi connectivity index (χ0v) is 10.8. The minimum Gasteiger partial charge on any atom is -0.371 e. The maximum absolute atomic E-state index is 5.91. The summed E-state index contributed by atoms with van der Waals surface area (Å²) < 4.78 is 0. The first kappa shape index (κ1) is 11.5. The third-order valence-electron chi connectivity index (χ3n) is 3.19. The third-order valence-corrected chi connectivity index (χ3v) is 3.40. The lowest BCUT2D eigenvalue weighted by Crippen LogP contribution is -2.17. The highest BCUT2D eigenvalue weighted by Crippen LogP contribution is 2.24. The fourth-order valence-electron chi connectivity index (χ4n) is 2.28. The Kier molecular flexibility index (Phi) is 3.15. The van der Waals surface area contributed by atoms with Gasteiger partial charge in [-0.1, -0.05) is 17.7 Å². The molecule has 1 aliphatic rings. The van der Waals surface area contributed by atoms with E-state index in [4.69, 9.17) is 11.6 Å². The number of hydrogen-bond donors (Lipinski definition) is 0. The van der Waals surface area contributed by atoms with Crippen LogP contribution >= 0.6 is 11.6 Å². The maximum atomic E-state index is 5.91. The summed E-state index contributed by atoms with van der Waals surface area (Å²) in [7, 11) is 0. The van der Waals surface area contributed by atoms with Gasteiger partial charge in [-0.3, -0.25) is 4.98 Å². The van der Waals surface area contributed by atoms with Gasteiger partial charge in [0.1, 0.15) is 5.15 Å². The molecule has 0 radical (unpaired) electrons. The molecule has 92 valence electrons. The molecule has 1 saturated heterocycles. The Morgan fingerprint density at radius 2 is 1.89 bits per heavy atom. The van der Waals surface area contributed by atoms with Crippen LogP contribution in [0.2, 0.25) is 5.15 Å². The van der Waals surface area contributed by atoms with Gasteiger partial charge in [-0.15, -0.1) is 0 Å². The maximum Gasteiger partial charge on any atom is 0.129 e. The van der Waals surface area contributed by atoms with E-state index >= 15 is 0 Å². The van der Waals surface area contributed by atoms with Gasteiger partial charge in [-0.2, -0.15) is 0 Å². The average Bonchev–Trinajstić information content (AvgIpc) is 2.93. The van der Waals surface area contributed by atoms with Crippen molar-refractivity contribution < 1.29 is 0 Å². The van der Waals surface area contributed by atoms with Crippen LogP contribution in [-0.4, -0.2) is 23.1 Å². The number of anilines is 1. The minimum atomic E-state index is 0.501. The molecule has 18 heavy (non-hydrogen) atoms. The van der Waals surface area contributed by atoms with Crippen LogP contribution in [0.15, 0.2) is 36.5 Å². The van der Waals surface area contributed by atoms with Crippen molar-refractivity contribution in [3.05, 3.63) is 41.7 Å². The van der Waals surface area contributed by atoms with Crippen LogP contribution in [0.4, 0.5) is 5.69 Å². The lowest BCUT2D eigenvalue weighted by Gasteiger charge is -2.17. The van der Waals surface area contributed by atoms with E-state index < -0.39 is 0 Å². The van der Waals surface area contributed by atoms with Crippen molar-refractivity contribution in [1.29, 1.82) is 0 Å². The van der Waals surface area contributed by atoms with E-state index in [1.807, 2.05) is 18.3 Å². The highest BCUT2D eigenvalue weighted by atomic mass is 35.5. The summed E-state index contributed by atoms with van der Waals surface area (Å²) in [6, 6.07) is 9.75. The van der Waals surface area contributed by atoms with Crippen molar-refractivity contribution in [2.24, 2.45) is 0 Å². The van der Waals surface area contributed by atoms with Crippen molar-refractivity contribution in [2.45, 2.75) is 12.8 Å². The zero-order chi connectivity index (χ0) is 12.4. The fraction of sp³-hybridized carbons (Fsp3) is 0.286. The van der Waals surface area contributed by atoms with Gasteiger partial charge in [-0.25, -0.2) is 4.98 Å². The Labute approximate surface area is 111 Å². The summed E-state index contributed by atoms with van der Waals surface area (Å²) in [5.74, 6) is 0. The van der Waals surface area contributed by atoms with Crippen LogP contribution in [0.5, 0.6) is 0 Å². The van der Waals surface area contributed by atoms with Crippen molar-refractivity contribution in [3.8, 4) is 11.4 Å². The first-order valence-corrected chi connectivity index (χ1v) is 6.55. The molecule has 0 saturated carbocycles. The van der Waals surface area contributed by atoms with Crippen LogP contribution in [0.3, 0.4) is 0 Å². The van der Waals surface area contributed by atoms with Gasteiger partial charge in [0.2, 0.25) is 0 Å². The van der Waals surface area contributed by atoms with Gasteiger partial charge >= 0.3 is 0 Å². The average molecular weight is 260 g/mol. The molecule has 0 atom stereocenters. The van der Waals surface area contributed by atoms with Gasteiger partial charge in [0.25, 0.3) is 0 Å². The highest BCUT2D eigenvalue weighted by Gasteiger charge is 2.13. The molecule has 0 spiro atoms. The summed E-state index contributed by atoms with van der Waals surface area (Å²) in [5.41, 5.74) is 2.92.